The van der Waals surface area contributed by atoms with E-state index in [1.807, 2.05) is 31.2 Å². The smallest absolute Gasteiger partial charge is 0.323 e. The maximum Gasteiger partial charge on any atom is 0.323 e. The van der Waals surface area contributed by atoms with Gasteiger partial charge in [-0.05, 0) is 80.5 Å². The van der Waals surface area contributed by atoms with Gasteiger partial charge in [-0.3, -0.25) is 14.5 Å². The van der Waals surface area contributed by atoms with Crippen LogP contribution in [0.5, 0.6) is 0 Å². The molecule has 0 bridgehead atoms. The summed E-state index contributed by atoms with van der Waals surface area (Å²) in [6.45, 7) is 6.80. The Morgan fingerprint density at radius 3 is 2.31 bits per heavy atom. The zero-order chi connectivity index (χ0) is 31.8. The third-order valence-corrected chi connectivity index (χ3v) is 9.07. The Labute approximate surface area is 260 Å². The van der Waals surface area contributed by atoms with E-state index >= 15 is 0 Å². The highest BCUT2D eigenvalue weighted by molar-refractivity contribution is 6.02. The third-order valence-electron chi connectivity index (χ3n) is 9.07. The number of pyridine rings is 1. The van der Waals surface area contributed by atoms with Gasteiger partial charge < -0.3 is 26.4 Å². The van der Waals surface area contributed by atoms with Crippen molar-refractivity contribution in [3.05, 3.63) is 76.0 Å². The fourth-order valence-corrected chi connectivity index (χ4v) is 6.44. The number of nitrogens with zero attached hydrogens (tertiary/aromatic N) is 3. The monoisotopic (exact) mass is 608 g/mol. The topological polar surface area (TPSA) is 180 Å². The lowest BCUT2D eigenvalue weighted by atomic mass is 9.81. The summed E-state index contributed by atoms with van der Waals surface area (Å²) in [5, 5.41) is 0. The van der Waals surface area contributed by atoms with Crippen LogP contribution in [0.1, 0.15) is 62.4 Å². The number of carbonyl (C=O) groups is 2. The van der Waals surface area contributed by atoms with Gasteiger partial charge in [-0.15, -0.1) is 0 Å². The number of benzene rings is 2. The Morgan fingerprint density at radius 2 is 1.64 bits per heavy atom. The maximum absolute atomic E-state index is 14.2. The van der Waals surface area contributed by atoms with E-state index in [0.717, 1.165) is 46.6 Å². The molecule has 0 radical (unpaired) electrons. The number of rotatable bonds is 9. The third kappa shape index (κ3) is 6.12. The van der Waals surface area contributed by atoms with Gasteiger partial charge in [0.15, 0.2) is 5.65 Å². The van der Waals surface area contributed by atoms with Crippen molar-refractivity contribution < 1.29 is 9.59 Å². The Bertz CT molecular complexity index is 1910. The number of primary amides is 1. The molecule has 0 unspecified atom stereocenters. The lowest BCUT2D eigenvalue weighted by Gasteiger charge is -2.35. The first-order valence-corrected chi connectivity index (χ1v) is 15.6. The van der Waals surface area contributed by atoms with E-state index in [1.165, 1.54) is 4.90 Å². The van der Waals surface area contributed by atoms with E-state index in [-0.39, 0.29) is 29.9 Å². The fourth-order valence-electron chi connectivity index (χ4n) is 6.44. The van der Waals surface area contributed by atoms with Crippen molar-refractivity contribution in [1.82, 2.24) is 24.9 Å². The van der Waals surface area contributed by atoms with Gasteiger partial charge in [0.2, 0.25) is 11.8 Å². The normalized spacial score (nSPS) is 17.6. The van der Waals surface area contributed by atoms with Gasteiger partial charge in [-0.25, -0.2) is 14.8 Å². The van der Waals surface area contributed by atoms with Gasteiger partial charge in [0, 0.05) is 29.5 Å². The van der Waals surface area contributed by atoms with Crippen LogP contribution in [0.3, 0.4) is 0 Å². The van der Waals surface area contributed by atoms with E-state index in [9.17, 15) is 14.4 Å². The summed E-state index contributed by atoms with van der Waals surface area (Å²) in [5.74, 6) is 0.568. The molecule has 0 saturated heterocycles. The van der Waals surface area contributed by atoms with Crippen molar-refractivity contribution in [2.45, 2.75) is 64.8 Å². The molecule has 2 amide bonds. The average molecular weight is 609 g/mol. The molecular formula is C34H40N8O3. The van der Waals surface area contributed by atoms with Crippen molar-refractivity contribution >= 4 is 39.7 Å². The van der Waals surface area contributed by atoms with Gasteiger partial charge >= 0.3 is 5.69 Å². The number of aryl methyl sites for hydroxylation is 1. The highest BCUT2D eigenvalue weighted by Gasteiger charge is 2.36. The van der Waals surface area contributed by atoms with E-state index in [1.54, 1.807) is 18.2 Å². The number of carbonyl (C=O) groups excluding carboxylic acids is 2. The van der Waals surface area contributed by atoms with Crippen LogP contribution in [0.2, 0.25) is 0 Å². The van der Waals surface area contributed by atoms with E-state index in [4.69, 9.17) is 16.5 Å². The van der Waals surface area contributed by atoms with Crippen LogP contribution in [0.15, 0.2) is 53.3 Å². The van der Waals surface area contributed by atoms with Crippen LogP contribution in [0.25, 0.3) is 33.5 Å². The fraction of sp³-hybridized carbons (Fsp3) is 0.382. The number of aromatic nitrogens is 5. The molecule has 45 heavy (non-hydrogen) atoms. The molecule has 0 aliphatic heterocycles. The molecule has 5 aromatic rings. The molecule has 234 valence electrons. The molecule has 1 atom stereocenters. The van der Waals surface area contributed by atoms with Crippen molar-refractivity contribution in [2.75, 3.05) is 11.4 Å². The quantitative estimate of drug-likeness (QED) is 0.165. The Hall–Kier alpha value is -4.77. The van der Waals surface area contributed by atoms with Crippen molar-refractivity contribution in [1.29, 1.82) is 0 Å². The zero-order valence-electron chi connectivity index (χ0n) is 25.9. The average Bonchev–Trinajstić information content (AvgIpc) is 3.62. The number of hydrogen-bond acceptors (Lipinski definition) is 6. The molecule has 1 aliphatic rings. The highest BCUT2D eigenvalue weighted by atomic mass is 16.2. The predicted molar refractivity (Wildman–Crippen MR) is 176 cm³/mol. The minimum atomic E-state index is -0.937. The Kier molecular flexibility index (Phi) is 8.28. The number of fused-ring (bicyclic) bond motifs is 2. The van der Waals surface area contributed by atoms with E-state index < -0.39 is 11.9 Å². The first kappa shape index (κ1) is 30.3. The molecule has 3 aromatic heterocycles. The molecule has 0 spiro atoms. The lowest BCUT2D eigenvalue weighted by Crippen LogP contribution is -2.52. The Morgan fingerprint density at radius 1 is 0.933 bits per heavy atom. The number of nitrogens with two attached hydrogens (primary N) is 2. The van der Waals surface area contributed by atoms with Gasteiger partial charge in [0.1, 0.15) is 11.9 Å². The SMILES string of the molecule is Cc1cc2[nH]c(C(C)C)nc2nc1-c1ccc(C[C@@H](C(N)=O)N(C(=O)C2CCC(CN)CC2)c2ccc3[nH]c(=O)[nH]c3c2)cc1. The summed E-state index contributed by atoms with van der Waals surface area (Å²) in [4.78, 5) is 59.1. The van der Waals surface area contributed by atoms with E-state index in [0.29, 0.717) is 47.7 Å². The second-order valence-electron chi connectivity index (χ2n) is 12.6. The molecule has 11 nitrogen and oxygen atoms in total. The van der Waals surface area contributed by atoms with Crippen LogP contribution in [0.4, 0.5) is 5.69 Å². The maximum atomic E-state index is 14.2. The number of nitrogens with one attached hydrogen (secondary N) is 3. The summed E-state index contributed by atoms with van der Waals surface area (Å²) in [6, 6.07) is 14.2. The number of imidazole rings is 2. The number of H-pyrrole nitrogens is 3. The van der Waals surface area contributed by atoms with Crippen LogP contribution >= 0.6 is 0 Å². The standard InChI is InChI=1S/C34H40N8O3/c1-18(2)31-37-27-14-19(3)29(40-32(27)41-31)22-8-4-20(5-9-22)15-28(30(36)43)42(33(44)23-10-6-21(17-35)7-11-23)24-12-13-25-26(16-24)39-34(45)38-25/h4-5,8-9,12-14,16,18,21,23,28H,6-7,10-11,15,17,35H2,1-3H3,(H2,36,43)(H,37,40,41)(H2,38,39,45)/t21?,23?,28-/m0/s1. The summed E-state index contributed by atoms with van der Waals surface area (Å²) >= 11 is 0. The minimum Gasteiger partial charge on any atom is -0.368 e. The molecule has 3 heterocycles. The van der Waals surface area contributed by atoms with Crippen LogP contribution in [-0.4, -0.2) is 49.3 Å². The van der Waals surface area contributed by atoms with Crippen LogP contribution < -0.4 is 22.1 Å². The summed E-state index contributed by atoms with van der Waals surface area (Å²) in [5.41, 5.74) is 18.5. The van der Waals surface area contributed by atoms with Crippen molar-refractivity contribution in [3.63, 3.8) is 0 Å². The molecule has 1 saturated carbocycles. The van der Waals surface area contributed by atoms with E-state index in [2.05, 4.69) is 39.8 Å². The summed E-state index contributed by atoms with van der Waals surface area (Å²) in [7, 11) is 0. The van der Waals surface area contributed by atoms with Gasteiger partial charge in [-0.2, -0.15) is 0 Å². The minimum absolute atomic E-state index is 0.143. The highest BCUT2D eigenvalue weighted by Crippen LogP contribution is 2.33. The molecule has 1 fully saturated rings. The van der Waals surface area contributed by atoms with Gasteiger partial charge in [0.25, 0.3) is 0 Å². The van der Waals surface area contributed by atoms with Crippen molar-refractivity contribution in [2.24, 2.45) is 23.3 Å². The zero-order valence-corrected chi connectivity index (χ0v) is 25.9. The second kappa shape index (κ2) is 12.3. The van der Waals surface area contributed by atoms with Crippen LogP contribution in [-0.2, 0) is 16.0 Å². The number of aromatic amines is 3. The molecule has 2 aromatic carbocycles. The molecule has 1 aliphatic carbocycles. The first-order chi connectivity index (χ1) is 21.6. The molecule has 7 N–H and O–H groups in total. The number of amides is 2. The second-order valence-corrected chi connectivity index (χ2v) is 12.6. The summed E-state index contributed by atoms with van der Waals surface area (Å²) in [6.07, 6.45) is 3.36. The molecule has 11 heteroatoms. The lowest BCUT2D eigenvalue weighted by molar-refractivity contribution is -0.127. The van der Waals surface area contributed by atoms with Crippen LogP contribution in [0, 0.1) is 18.8 Å². The number of hydrogen-bond donors (Lipinski definition) is 5. The Balaban J connectivity index is 1.31. The first-order valence-electron chi connectivity index (χ1n) is 15.6. The number of anilines is 1. The van der Waals surface area contributed by atoms with Crippen molar-refractivity contribution in [3.8, 4) is 11.3 Å². The molecular weight excluding hydrogens is 568 g/mol. The molecule has 6 rings (SSSR count). The summed E-state index contributed by atoms with van der Waals surface area (Å²) < 4.78 is 0. The van der Waals surface area contributed by atoms with Gasteiger partial charge in [0.05, 0.1) is 22.2 Å². The van der Waals surface area contributed by atoms with Gasteiger partial charge in [-0.1, -0.05) is 38.1 Å². The largest absolute Gasteiger partial charge is 0.368 e. The predicted octanol–water partition coefficient (Wildman–Crippen LogP) is 4.42.